The van der Waals surface area contributed by atoms with E-state index in [9.17, 15) is 4.79 Å². The highest BCUT2D eigenvalue weighted by molar-refractivity contribution is 5.79. The van der Waals surface area contributed by atoms with Gasteiger partial charge in [-0.1, -0.05) is 5.16 Å². The van der Waals surface area contributed by atoms with Crippen molar-refractivity contribution >= 4 is 5.91 Å². The van der Waals surface area contributed by atoms with Gasteiger partial charge in [-0.05, 0) is 13.8 Å². The van der Waals surface area contributed by atoms with Crippen LogP contribution in [0.25, 0.3) is 0 Å². The zero-order valence-electron chi connectivity index (χ0n) is 11.7. The lowest BCUT2D eigenvalue weighted by atomic mass is 10.1. The van der Waals surface area contributed by atoms with Crippen LogP contribution in [-0.4, -0.2) is 55.4 Å². The standard InChI is InChI=1S/C13H21N3O3/c1-9-12(10(2)19-15-9)6-13(17)16(3)8-11-7-14-4-5-18-11/h11,14H,4-8H2,1-3H3. The Hall–Kier alpha value is -1.40. The number of aromatic nitrogens is 1. The Morgan fingerprint density at radius 3 is 2.89 bits per heavy atom. The Labute approximate surface area is 113 Å². The molecule has 1 amide bonds. The molecule has 1 aromatic rings. The van der Waals surface area contributed by atoms with E-state index in [0.717, 1.165) is 30.1 Å². The van der Waals surface area contributed by atoms with Gasteiger partial charge < -0.3 is 19.5 Å². The van der Waals surface area contributed by atoms with E-state index in [0.29, 0.717) is 19.6 Å². The molecule has 0 aliphatic carbocycles. The van der Waals surface area contributed by atoms with Gasteiger partial charge in [0.15, 0.2) is 0 Å². The number of ether oxygens (including phenoxy) is 1. The third-order valence-electron chi connectivity index (χ3n) is 3.42. The van der Waals surface area contributed by atoms with Crippen molar-refractivity contribution < 1.29 is 14.1 Å². The first-order valence-electron chi connectivity index (χ1n) is 6.56. The number of amides is 1. The molecule has 1 aliphatic rings. The lowest BCUT2D eigenvalue weighted by Gasteiger charge is -2.28. The fourth-order valence-corrected chi connectivity index (χ4v) is 2.18. The van der Waals surface area contributed by atoms with Crippen molar-refractivity contribution in [3.8, 4) is 0 Å². The molecule has 1 N–H and O–H groups in total. The van der Waals surface area contributed by atoms with Crippen LogP contribution >= 0.6 is 0 Å². The minimum Gasteiger partial charge on any atom is -0.374 e. The van der Waals surface area contributed by atoms with Crippen LogP contribution in [0.15, 0.2) is 4.52 Å². The summed E-state index contributed by atoms with van der Waals surface area (Å²) in [6.07, 6.45) is 0.407. The zero-order chi connectivity index (χ0) is 13.8. The van der Waals surface area contributed by atoms with Crippen LogP contribution < -0.4 is 5.32 Å². The van der Waals surface area contributed by atoms with Gasteiger partial charge in [-0.2, -0.15) is 0 Å². The van der Waals surface area contributed by atoms with Crippen LogP contribution in [0.2, 0.25) is 0 Å². The molecule has 6 heteroatoms. The van der Waals surface area contributed by atoms with Crippen LogP contribution in [0.1, 0.15) is 17.0 Å². The van der Waals surface area contributed by atoms with Crippen molar-refractivity contribution in [2.75, 3.05) is 33.3 Å². The summed E-state index contributed by atoms with van der Waals surface area (Å²) in [5.74, 6) is 0.776. The Kier molecular flexibility index (Phi) is 4.55. The molecule has 1 atom stereocenters. The molecule has 1 aromatic heterocycles. The molecule has 0 bridgehead atoms. The smallest absolute Gasteiger partial charge is 0.227 e. The first-order valence-corrected chi connectivity index (χ1v) is 6.56. The highest BCUT2D eigenvalue weighted by atomic mass is 16.5. The van der Waals surface area contributed by atoms with E-state index in [4.69, 9.17) is 9.26 Å². The molecule has 106 valence electrons. The van der Waals surface area contributed by atoms with Crippen LogP contribution in [0, 0.1) is 13.8 Å². The number of likely N-dealkylation sites (N-methyl/N-ethyl adjacent to an activating group) is 1. The van der Waals surface area contributed by atoms with E-state index in [1.54, 1.807) is 11.9 Å². The highest BCUT2D eigenvalue weighted by Gasteiger charge is 2.20. The summed E-state index contributed by atoms with van der Waals surface area (Å²) < 4.78 is 10.7. The number of hydrogen-bond donors (Lipinski definition) is 1. The third kappa shape index (κ3) is 3.54. The molecule has 19 heavy (non-hydrogen) atoms. The third-order valence-corrected chi connectivity index (χ3v) is 3.42. The molecule has 0 aromatic carbocycles. The van der Waals surface area contributed by atoms with Crippen molar-refractivity contribution in [3.63, 3.8) is 0 Å². The molecule has 1 fully saturated rings. The zero-order valence-corrected chi connectivity index (χ0v) is 11.7. The first kappa shape index (κ1) is 14.0. The molecular weight excluding hydrogens is 246 g/mol. The van der Waals surface area contributed by atoms with E-state index in [-0.39, 0.29) is 12.0 Å². The van der Waals surface area contributed by atoms with E-state index in [1.165, 1.54) is 0 Å². The lowest BCUT2D eigenvalue weighted by Crippen LogP contribution is -2.46. The second kappa shape index (κ2) is 6.16. The maximum Gasteiger partial charge on any atom is 0.227 e. The van der Waals surface area contributed by atoms with Crippen LogP contribution in [0.3, 0.4) is 0 Å². The fraction of sp³-hybridized carbons (Fsp3) is 0.692. The number of nitrogens with zero attached hydrogens (tertiary/aromatic N) is 2. The Bertz CT molecular complexity index is 419. The van der Waals surface area contributed by atoms with Gasteiger partial charge in [-0.25, -0.2) is 0 Å². The van der Waals surface area contributed by atoms with Crippen LogP contribution in [-0.2, 0) is 16.0 Å². The SMILES string of the molecule is Cc1noc(C)c1CC(=O)N(C)CC1CNCCO1. The fourth-order valence-electron chi connectivity index (χ4n) is 2.18. The normalized spacial score (nSPS) is 19.4. The maximum atomic E-state index is 12.2. The molecule has 1 aliphatic heterocycles. The summed E-state index contributed by atoms with van der Waals surface area (Å²) in [4.78, 5) is 13.9. The molecule has 1 unspecified atom stereocenters. The summed E-state index contributed by atoms with van der Waals surface area (Å²) in [5.41, 5.74) is 1.68. The molecule has 2 heterocycles. The largest absolute Gasteiger partial charge is 0.374 e. The number of nitrogens with one attached hydrogen (secondary N) is 1. The summed E-state index contributed by atoms with van der Waals surface area (Å²) in [5, 5.41) is 7.12. The van der Waals surface area contributed by atoms with Crippen molar-refractivity contribution in [1.29, 1.82) is 0 Å². The van der Waals surface area contributed by atoms with Crippen molar-refractivity contribution in [2.24, 2.45) is 0 Å². The minimum atomic E-state index is 0.0589. The molecular formula is C13H21N3O3. The molecule has 1 saturated heterocycles. The lowest BCUT2D eigenvalue weighted by molar-refractivity contribution is -0.131. The number of carbonyl (C=O) groups is 1. The number of carbonyl (C=O) groups excluding carboxylic acids is 1. The van der Waals surface area contributed by atoms with Gasteiger partial charge >= 0.3 is 0 Å². The van der Waals surface area contributed by atoms with Crippen molar-refractivity contribution in [3.05, 3.63) is 17.0 Å². The summed E-state index contributed by atoms with van der Waals surface area (Å²) in [6.45, 7) is 6.67. The predicted molar refractivity (Wildman–Crippen MR) is 69.9 cm³/mol. The summed E-state index contributed by atoms with van der Waals surface area (Å²) in [7, 11) is 1.80. The Morgan fingerprint density at radius 1 is 1.53 bits per heavy atom. The predicted octanol–water partition coefficient (Wildman–Crippen LogP) is 0.281. The topological polar surface area (TPSA) is 67.6 Å². The molecule has 0 saturated carbocycles. The first-order chi connectivity index (χ1) is 9.08. The average molecular weight is 267 g/mol. The van der Waals surface area contributed by atoms with Gasteiger partial charge in [0.05, 0.1) is 24.8 Å². The summed E-state index contributed by atoms with van der Waals surface area (Å²) >= 11 is 0. The average Bonchev–Trinajstić information content (AvgIpc) is 2.71. The van der Waals surface area contributed by atoms with Gasteiger partial charge in [0.25, 0.3) is 0 Å². The van der Waals surface area contributed by atoms with Crippen molar-refractivity contribution in [1.82, 2.24) is 15.4 Å². The van der Waals surface area contributed by atoms with Crippen molar-refractivity contribution in [2.45, 2.75) is 26.4 Å². The highest BCUT2D eigenvalue weighted by Crippen LogP contribution is 2.14. The molecule has 6 nitrogen and oxygen atoms in total. The quantitative estimate of drug-likeness (QED) is 0.848. The molecule has 0 spiro atoms. The number of rotatable bonds is 4. The maximum absolute atomic E-state index is 12.2. The van der Waals surface area contributed by atoms with Crippen LogP contribution in [0.5, 0.6) is 0 Å². The minimum absolute atomic E-state index is 0.0589. The summed E-state index contributed by atoms with van der Waals surface area (Å²) in [6, 6.07) is 0. The number of morpholine rings is 1. The van der Waals surface area contributed by atoms with Gasteiger partial charge in [0.2, 0.25) is 5.91 Å². The van der Waals surface area contributed by atoms with E-state index >= 15 is 0 Å². The van der Waals surface area contributed by atoms with Gasteiger partial charge in [0, 0.05) is 32.2 Å². The number of aryl methyl sites for hydroxylation is 2. The monoisotopic (exact) mass is 267 g/mol. The van der Waals surface area contributed by atoms with E-state index < -0.39 is 0 Å². The van der Waals surface area contributed by atoms with Crippen LogP contribution in [0.4, 0.5) is 0 Å². The Balaban J connectivity index is 1.88. The molecule has 2 rings (SSSR count). The second-order valence-corrected chi connectivity index (χ2v) is 4.95. The van der Waals surface area contributed by atoms with E-state index in [1.807, 2.05) is 13.8 Å². The van der Waals surface area contributed by atoms with Gasteiger partial charge in [-0.3, -0.25) is 4.79 Å². The van der Waals surface area contributed by atoms with Gasteiger partial charge in [-0.15, -0.1) is 0 Å². The number of hydrogen-bond acceptors (Lipinski definition) is 5. The molecule has 0 radical (unpaired) electrons. The van der Waals surface area contributed by atoms with Gasteiger partial charge in [0.1, 0.15) is 5.76 Å². The Morgan fingerprint density at radius 2 is 2.32 bits per heavy atom. The van der Waals surface area contributed by atoms with E-state index in [2.05, 4.69) is 10.5 Å². The second-order valence-electron chi connectivity index (χ2n) is 4.95.